The van der Waals surface area contributed by atoms with Crippen LogP contribution in [0.15, 0.2) is 59.7 Å². The quantitative estimate of drug-likeness (QED) is 0.357. The predicted octanol–water partition coefficient (Wildman–Crippen LogP) is 5.09. The van der Waals surface area contributed by atoms with E-state index in [1.165, 1.54) is 12.1 Å². The summed E-state index contributed by atoms with van der Waals surface area (Å²) >= 11 is 0. The van der Waals surface area contributed by atoms with Gasteiger partial charge in [-0.05, 0) is 36.6 Å². The predicted molar refractivity (Wildman–Crippen MR) is 120 cm³/mol. The maximum atomic E-state index is 14.5. The molecule has 0 fully saturated rings. The third-order valence-corrected chi connectivity index (χ3v) is 5.62. The Bertz CT molecular complexity index is 1500. The second-order valence-electron chi connectivity index (χ2n) is 8.22. The van der Waals surface area contributed by atoms with Crippen molar-refractivity contribution < 1.29 is 27.0 Å². The zero-order valence-electron chi connectivity index (χ0n) is 18.8. The molecule has 4 aromatic rings. The van der Waals surface area contributed by atoms with Gasteiger partial charge >= 0.3 is 11.9 Å². The van der Waals surface area contributed by atoms with Gasteiger partial charge in [0.25, 0.3) is 0 Å². The van der Waals surface area contributed by atoms with E-state index in [2.05, 4.69) is 21.0 Å². The smallest absolute Gasteiger partial charge is 0.451 e. The van der Waals surface area contributed by atoms with Crippen molar-refractivity contribution in [1.29, 1.82) is 0 Å². The minimum absolute atomic E-state index is 0.0722. The minimum atomic E-state index is -4.69. The third kappa shape index (κ3) is 4.77. The second-order valence-corrected chi connectivity index (χ2v) is 8.22. The molecule has 36 heavy (non-hydrogen) atoms. The molecular formula is C25H18F4N4O3. The maximum Gasteiger partial charge on any atom is 0.451 e. The van der Waals surface area contributed by atoms with Crippen LogP contribution in [-0.4, -0.2) is 19.5 Å². The van der Waals surface area contributed by atoms with Crippen molar-refractivity contribution in [3.63, 3.8) is 0 Å². The lowest BCUT2D eigenvalue weighted by Crippen LogP contribution is -2.28. The lowest BCUT2D eigenvalue weighted by atomic mass is 9.96. The molecule has 5 rings (SSSR count). The molecule has 0 aliphatic carbocycles. The average molecular weight is 498 g/mol. The Labute approximate surface area is 202 Å². The molecule has 7 nitrogen and oxygen atoms in total. The normalized spacial score (nSPS) is 12.6. The molecule has 3 heterocycles. The first-order valence-corrected chi connectivity index (χ1v) is 10.9. The summed E-state index contributed by atoms with van der Waals surface area (Å²) in [5.41, 5.74) is 3.93. The molecule has 0 spiro atoms. The highest BCUT2D eigenvalue weighted by molar-refractivity contribution is 5.67. The van der Waals surface area contributed by atoms with Gasteiger partial charge in [-0.15, -0.1) is 0 Å². The van der Waals surface area contributed by atoms with Gasteiger partial charge in [-0.2, -0.15) is 18.2 Å². The zero-order valence-corrected chi connectivity index (χ0v) is 18.8. The van der Waals surface area contributed by atoms with Gasteiger partial charge in [0.15, 0.2) is 17.3 Å². The Balaban J connectivity index is 1.30. The molecule has 0 saturated heterocycles. The van der Waals surface area contributed by atoms with Crippen LogP contribution >= 0.6 is 0 Å². The lowest BCUT2D eigenvalue weighted by molar-refractivity contribution is -0.145. The van der Waals surface area contributed by atoms with Crippen LogP contribution in [0.2, 0.25) is 0 Å². The summed E-state index contributed by atoms with van der Waals surface area (Å²) in [6.45, 7) is 2.46. The number of fused-ring (bicyclic) bond motifs is 3. The number of aryl methyl sites for hydroxylation is 2. The van der Waals surface area contributed by atoms with Crippen LogP contribution in [0.3, 0.4) is 0 Å². The van der Waals surface area contributed by atoms with Gasteiger partial charge in [-0.1, -0.05) is 29.8 Å². The first-order valence-electron chi connectivity index (χ1n) is 10.9. The summed E-state index contributed by atoms with van der Waals surface area (Å²) < 4.78 is 64.8. The molecule has 184 valence electrons. The van der Waals surface area contributed by atoms with Gasteiger partial charge in [0.05, 0.1) is 18.1 Å². The van der Waals surface area contributed by atoms with Gasteiger partial charge in [0, 0.05) is 18.2 Å². The average Bonchev–Trinajstić information content (AvgIpc) is 2.83. The number of ether oxygens (including phenoxy) is 2. The third-order valence-electron chi connectivity index (χ3n) is 5.62. The number of rotatable bonds is 5. The highest BCUT2D eigenvalue weighted by Crippen LogP contribution is 2.31. The Morgan fingerprint density at radius 3 is 2.56 bits per heavy atom. The van der Waals surface area contributed by atoms with Crippen molar-refractivity contribution in [3.05, 3.63) is 93.7 Å². The van der Waals surface area contributed by atoms with E-state index < -0.39 is 23.5 Å². The minimum Gasteiger partial charge on any atom is -0.473 e. The van der Waals surface area contributed by atoms with Crippen LogP contribution < -0.4 is 15.2 Å². The van der Waals surface area contributed by atoms with Crippen LogP contribution in [-0.2, 0) is 25.7 Å². The van der Waals surface area contributed by atoms with Gasteiger partial charge in [-0.3, -0.25) is 4.57 Å². The van der Waals surface area contributed by atoms with Crippen molar-refractivity contribution in [2.45, 2.75) is 32.7 Å². The Morgan fingerprint density at radius 2 is 1.83 bits per heavy atom. The molecule has 0 bridgehead atoms. The van der Waals surface area contributed by atoms with E-state index >= 15 is 0 Å². The van der Waals surface area contributed by atoms with Crippen molar-refractivity contribution in [2.75, 3.05) is 0 Å². The highest BCUT2D eigenvalue weighted by Gasteiger charge is 2.34. The number of benzene rings is 2. The standard InChI is InChI=1S/C25H18F4N4O3/c1-14-2-4-18-16(8-14)6-7-33-20(18)10-22(32-24(33)34)35-13-15-3-5-21(19(26)9-15)36-17-11-30-23(31-12-17)25(27,28)29/h2-5,8-12H,6-7,13H2,1H3. The monoisotopic (exact) mass is 498 g/mol. The van der Waals surface area contributed by atoms with Crippen LogP contribution in [0.5, 0.6) is 17.4 Å². The summed E-state index contributed by atoms with van der Waals surface area (Å²) in [4.78, 5) is 22.9. The molecule has 0 unspecified atom stereocenters. The van der Waals surface area contributed by atoms with Crippen molar-refractivity contribution in [2.24, 2.45) is 0 Å². The molecule has 0 radical (unpaired) electrons. The van der Waals surface area contributed by atoms with Crippen LogP contribution in [0.1, 0.15) is 22.5 Å². The highest BCUT2D eigenvalue weighted by atomic mass is 19.4. The molecule has 2 aromatic carbocycles. The van der Waals surface area contributed by atoms with E-state index in [1.54, 1.807) is 10.6 Å². The first-order chi connectivity index (χ1) is 17.2. The zero-order chi connectivity index (χ0) is 25.4. The maximum absolute atomic E-state index is 14.5. The fourth-order valence-corrected chi connectivity index (χ4v) is 3.93. The van der Waals surface area contributed by atoms with Gasteiger partial charge in [0.2, 0.25) is 11.7 Å². The van der Waals surface area contributed by atoms with E-state index in [1.807, 2.05) is 19.1 Å². The number of hydrogen-bond donors (Lipinski definition) is 0. The number of aromatic nitrogens is 4. The molecule has 11 heteroatoms. The molecule has 0 N–H and O–H groups in total. The van der Waals surface area contributed by atoms with Gasteiger partial charge in [-0.25, -0.2) is 19.2 Å². The van der Waals surface area contributed by atoms with Crippen LogP contribution in [0.4, 0.5) is 17.6 Å². The Kier molecular flexibility index (Phi) is 5.91. The van der Waals surface area contributed by atoms with E-state index in [0.29, 0.717) is 17.8 Å². The molecule has 1 aliphatic rings. The number of nitrogens with zero attached hydrogens (tertiary/aromatic N) is 4. The van der Waals surface area contributed by atoms with Crippen LogP contribution in [0.25, 0.3) is 11.3 Å². The van der Waals surface area contributed by atoms with Crippen LogP contribution in [0, 0.1) is 12.7 Å². The van der Waals surface area contributed by atoms with Gasteiger partial charge < -0.3 is 9.47 Å². The summed E-state index contributed by atoms with van der Waals surface area (Å²) in [5.74, 6) is -2.35. The molecular weight excluding hydrogens is 480 g/mol. The summed E-state index contributed by atoms with van der Waals surface area (Å²) in [7, 11) is 0. The van der Waals surface area contributed by atoms with Crippen molar-refractivity contribution in [1.82, 2.24) is 19.5 Å². The fourth-order valence-electron chi connectivity index (χ4n) is 3.93. The fraction of sp³-hybridized carbons (Fsp3) is 0.200. The van der Waals surface area contributed by atoms with Gasteiger partial charge in [0.1, 0.15) is 6.61 Å². The Morgan fingerprint density at radius 1 is 1.06 bits per heavy atom. The Hall–Kier alpha value is -4.28. The van der Waals surface area contributed by atoms with E-state index in [4.69, 9.17) is 9.47 Å². The van der Waals surface area contributed by atoms with E-state index in [-0.39, 0.29) is 24.0 Å². The number of alkyl halides is 3. The largest absolute Gasteiger partial charge is 0.473 e. The molecule has 0 amide bonds. The van der Waals surface area contributed by atoms with E-state index in [9.17, 15) is 22.4 Å². The summed E-state index contributed by atoms with van der Waals surface area (Å²) in [6, 6.07) is 11.7. The topological polar surface area (TPSA) is 79.1 Å². The summed E-state index contributed by atoms with van der Waals surface area (Å²) in [5, 5.41) is 0. The molecule has 0 atom stereocenters. The molecule has 1 aliphatic heterocycles. The molecule has 0 saturated carbocycles. The number of hydrogen-bond acceptors (Lipinski definition) is 6. The number of halogens is 4. The van der Waals surface area contributed by atoms with E-state index in [0.717, 1.165) is 41.6 Å². The van der Waals surface area contributed by atoms with Crippen molar-refractivity contribution >= 4 is 0 Å². The first kappa shape index (κ1) is 23.5. The second kappa shape index (κ2) is 9.06. The van der Waals surface area contributed by atoms with Crippen molar-refractivity contribution in [3.8, 4) is 28.6 Å². The lowest BCUT2D eigenvalue weighted by Gasteiger charge is -2.22. The molecule has 2 aromatic heterocycles. The SMILES string of the molecule is Cc1ccc2c(c1)CCn1c-2cc(OCc2ccc(Oc3cnc(C(F)(F)F)nc3)c(F)c2)nc1=O. The summed E-state index contributed by atoms with van der Waals surface area (Å²) in [6.07, 6.45) is -2.33.